The summed E-state index contributed by atoms with van der Waals surface area (Å²) in [7, 11) is 1.53. The van der Waals surface area contributed by atoms with Crippen molar-refractivity contribution in [2.75, 3.05) is 0 Å². The van der Waals surface area contributed by atoms with Crippen molar-refractivity contribution >= 4 is 33.2 Å². The number of hydrogen-bond donors (Lipinski definition) is 0. The van der Waals surface area contributed by atoms with E-state index < -0.39 is 11.4 Å². The standard InChI is InChI=1S/C7H4ClNO3S/c1-9-5-3(2-4(8)13-5)6(10)12-7(9)11/h2H,1H3. The number of thiophene rings is 1. The molecule has 2 aromatic heterocycles. The van der Waals surface area contributed by atoms with Crippen LogP contribution in [0, 0.1) is 0 Å². The third-order valence-corrected chi connectivity index (χ3v) is 3.00. The highest BCUT2D eigenvalue weighted by molar-refractivity contribution is 7.22. The minimum Gasteiger partial charge on any atom is -0.372 e. The van der Waals surface area contributed by atoms with E-state index in [1.165, 1.54) is 29.0 Å². The second kappa shape index (κ2) is 2.71. The number of aryl methyl sites for hydroxylation is 1. The second-order valence-electron chi connectivity index (χ2n) is 2.48. The van der Waals surface area contributed by atoms with Crippen LogP contribution in [0.15, 0.2) is 20.1 Å². The summed E-state index contributed by atoms with van der Waals surface area (Å²) in [5.74, 6) is -0.670. The lowest BCUT2D eigenvalue weighted by Gasteiger charge is -1.94. The van der Waals surface area contributed by atoms with Gasteiger partial charge in [-0.05, 0) is 6.07 Å². The average Bonchev–Trinajstić information content (AvgIpc) is 2.44. The fourth-order valence-corrected chi connectivity index (χ4v) is 2.19. The van der Waals surface area contributed by atoms with Crippen LogP contribution in [0.4, 0.5) is 0 Å². The minimum absolute atomic E-state index is 0.345. The summed E-state index contributed by atoms with van der Waals surface area (Å²) in [5.41, 5.74) is -0.638. The van der Waals surface area contributed by atoms with Gasteiger partial charge in [0.05, 0.1) is 9.72 Å². The van der Waals surface area contributed by atoms with Crippen LogP contribution in [0.5, 0.6) is 0 Å². The first kappa shape index (κ1) is 8.52. The van der Waals surface area contributed by atoms with Gasteiger partial charge in [0.15, 0.2) is 0 Å². The highest BCUT2D eigenvalue weighted by Gasteiger charge is 2.09. The lowest BCUT2D eigenvalue weighted by molar-refractivity contribution is 0.434. The molecule has 0 atom stereocenters. The van der Waals surface area contributed by atoms with E-state index in [0.29, 0.717) is 14.6 Å². The molecule has 0 N–H and O–H groups in total. The molecule has 68 valence electrons. The van der Waals surface area contributed by atoms with Crippen LogP contribution in [-0.4, -0.2) is 4.57 Å². The molecule has 0 unspecified atom stereocenters. The van der Waals surface area contributed by atoms with Gasteiger partial charge in [-0.3, -0.25) is 4.57 Å². The Bertz CT molecular complexity index is 579. The Morgan fingerprint density at radius 1 is 1.54 bits per heavy atom. The predicted molar refractivity (Wildman–Crippen MR) is 50.6 cm³/mol. The van der Waals surface area contributed by atoms with E-state index in [0.717, 1.165) is 0 Å². The molecular formula is C7H4ClNO3S. The Morgan fingerprint density at radius 2 is 2.23 bits per heavy atom. The lowest BCUT2D eigenvalue weighted by Crippen LogP contribution is -2.21. The molecule has 0 bridgehead atoms. The lowest BCUT2D eigenvalue weighted by atomic mass is 10.4. The molecule has 4 nitrogen and oxygen atoms in total. The summed E-state index contributed by atoms with van der Waals surface area (Å²) in [6.45, 7) is 0. The van der Waals surface area contributed by atoms with Gasteiger partial charge in [0.1, 0.15) is 4.83 Å². The molecule has 0 aromatic carbocycles. The Hall–Kier alpha value is -1.07. The molecule has 2 heterocycles. The Labute approximate surface area is 81.0 Å². The van der Waals surface area contributed by atoms with E-state index in [-0.39, 0.29) is 0 Å². The maximum atomic E-state index is 11.1. The van der Waals surface area contributed by atoms with Crippen molar-refractivity contribution < 1.29 is 4.42 Å². The van der Waals surface area contributed by atoms with Crippen LogP contribution >= 0.6 is 22.9 Å². The van der Waals surface area contributed by atoms with Crippen molar-refractivity contribution in [1.82, 2.24) is 4.57 Å². The number of aromatic nitrogens is 1. The smallest absolute Gasteiger partial charge is 0.372 e. The maximum absolute atomic E-state index is 11.1. The predicted octanol–water partition coefficient (Wildman–Crippen LogP) is 1.21. The van der Waals surface area contributed by atoms with Crippen LogP contribution in [0.1, 0.15) is 0 Å². The highest BCUT2D eigenvalue weighted by Crippen LogP contribution is 2.25. The number of halogens is 1. The molecule has 0 spiro atoms. The summed E-state index contributed by atoms with van der Waals surface area (Å²) < 4.78 is 6.15. The fourth-order valence-electron chi connectivity index (χ4n) is 1.03. The Morgan fingerprint density at radius 3 is 2.92 bits per heavy atom. The molecule has 0 aliphatic heterocycles. The van der Waals surface area contributed by atoms with Gasteiger partial charge in [-0.1, -0.05) is 11.6 Å². The third kappa shape index (κ3) is 1.20. The SMILES string of the molecule is Cn1c(=O)oc(=O)c2cc(Cl)sc21. The molecule has 0 aliphatic rings. The van der Waals surface area contributed by atoms with Gasteiger partial charge in [-0.2, -0.15) is 0 Å². The van der Waals surface area contributed by atoms with Gasteiger partial charge in [0, 0.05) is 7.05 Å². The quantitative estimate of drug-likeness (QED) is 0.667. The molecule has 0 saturated carbocycles. The zero-order chi connectivity index (χ0) is 9.59. The van der Waals surface area contributed by atoms with Crippen molar-refractivity contribution in [3.63, 3.8) is 0 Å². The van der Waals surface area contributed by atoms with Gasteiger partial charge in [-0.25, -0.2) is 9.59 Å². The molecule has 0 saturated heterocycles. The molecule has 6 heteroatoms. The Kier molecular flexibility index (Phi) is 1.78. The van der Waals surface area contributed by atoms with Crippen molar-refractivity contribution in [2.24, 2.45) is 7.05 Å². The van der Waals surface area contributed by atoms with Gasteiger partial charge >= 0.3 is 11.4 Å². The number of rotatable bonds is 0. The van der Waals surface area contributed by atoms with Gasteiger partial charge in [0.2, 0.25) is 0 Å². The largest absolute Gasteiger partial charge is 0.422 e. The maximum Gasteiger partial charge on any atom is 0.422 e. The fraction of sp³-hybridized carbons (Fsp3) is 0.143. The molecule has 2 aromatic rings. The zero-order valence-corrected chi connectivity index (χ0v) is 8.11. The van der Waals surface area contributed by atoms with Crippen LogP contribution in [-0.2, 0) is 7.05 Å². The van der Waals surface area contributed by atoms with E-state index in [9.17, 15) is 9.59 Å². The van der Waals surface area contributed by atoms with E-state index in [4.69, 9.17) is 11.6 Å². The van der Waals surface area contributed by atoms with Crippen LogP contribution in [0.25, 0.3) is 10.2 Å². The minimum atomic E-state index is -0.670. The van der Waals surface area contributed by atoms with Gasteiger partial charge < -0.3 is 4.42 Å². The Balaban J connectivity index is 3.13. The first-order valence-corrected chi connectivity index (χ1v) is 4.58. The zero-order valence-electron chi connectivity index (χ0n) is 6.54. The highest BCUT2D eigenvalue weighted by atomic mass is 35.5. The van der Waals surface area contributed by atoms with Crippen molar-refractivity contribution in [2.45, 2.75) is 0 Å². The van der Waals surface area contributed by atoms with Crippen molar-refractivity contribution in [3.05, 3.63) is 31.4 Å². The summed E-state index contributed by atoms with van der Waals surface area (Å²) in [5, 5.41) is 0.345. The molecule has 0 aliphatic carbocycles. The topological polar surface area (TPSA) is 52.2 Å². The van der Waals surface area contributed by atoms with E-state index in [2.05, 4.69) is 4.42 Å². The molecule has 0 radical (unpaired) electrons. The van der Waals surface area contributed by atoms with E-state index in [1.54, 1.807) is 0 Å². The van der Waals surface area contributed by atoms with Crippen LogP contribution in [0.3, 0.4) is 0 Å². The number of nitrogens with zero attached hydrogens (tertiary/aromatic N) is 1. The molecular weight excluding hydrogens is 214 g/mol. The van der Waals surface area contributed by atoms with Crippen molar-refractivity contribution in [3.8, 4) is 0 Å². The number of hydrogen-bond acceptors (Lipinski definition) is 4. The average molecular weight is 218 g/mol. The monoisotopic (exact) mass is 217 g/mol. The van der Waals surface area contributed by atoms with Gasteiger partial charge in [-0.15, -0.1) is 11.3 Å². The van der Waals surface area contributed by atoms with E-state index in [1.807, 2.05) is 0 Å². The van der Waals surface area contributed by atoms with Crippen molar-refractivity contribution in [1.29, 1.82) is 0 Å². The summed E-state index contributed by atoms with van der Waals surface area (Å²) in [6.07, 6.45) is 0. The third-order valence-electron chi connectivity index (χ3n) is 1.66. The van der Waals surface area contributed by atoms with Gasteiger partial charge in [0.25, 0.3) is 0 Å². The first-order chi connectivity index (χ1) is 6.09. The summed E-state index contributed by atoms with van der Waals surface area (Å²) in [4.78, 5) is 22.7. The molecule has 0 fully saturated rings. The summed E-state index contributed by atoms with van der Waals surface area (Å²) in [6, 6.07) is 1.49. The van der Waals surface area contributed by atoms with E-state index >= 15 is 0 Å². The molecule has 13 heavy (non-hydrogen) atoms. The normalized spacial score (nSPS) is 10.9. The van der Waals surface area contributed by atoms with Crippen LogP contribution < -0.4 is 11.4 Å². The first-order valence-electron chi connectivity index (χ1n) is 3.39. The number of fused-ring (bicyclic) bond motifs is 1. The molecule has 0 amide bonds. The second-order valence-corrected chi connectivity index (χ2v) is 4.15. The molecule has 2 rings (SSSR count). The summed E-state index contributed by atoms with van der Waals surface area (Å²) >= 11 is 6.88. The van der Waals surface area contributed by atoms with Crippen LogP contribution in [0.2, 0.25) is 4.34 Å².